The number of carboxylic acid groups (broad SMARTS) is 1. The van der Waals surface area contributed by atoms with E-state index in [1.54, 1.807) is 0 Å². The molecule has 0 amide bonds. The van der Waals surface area contributed by atoms with E-state index in [2.05, 4.69) is 21.9 Å². The molecule has 1 aromatic heterocycles. The highest BCUT2D eigenvalue weighted by Gasteiger charge is 2.25. The van der Waals surface area contributed by atoms with Crippen LogP contribution in [0.1, 0.15) is 42.5 Å². The molecule has 5 nitrogen and oxygen atoms in total. The van der Waals surface area contributed by atoms with E-state index < -0.39 is 5.97 Å². The summed E-state index contributed by atoms with van der Waals surface area (Å²) in [6, 6.07) is 2.16. The van der Waals surface area contributed by atoms with Gasteiger partial charge in [-0.05, 0) is 39.4 Å². The summed E-state index contributed by atoms with van der Waals surface area (Å²) in [5.74, 6) is 0.0567. The number of carboxylic acids is 1. The quantitative estimate of drug-likeness (QED) is 0.877. The molecule has 98 valence electrons. The van der Waals surface area contributed by atoms with Crippen LogP contribution in [-0.2, 0) is 11.2 Å². The molecule has 2 rings (SSSR count). The molecular formula is C13H19N3O2. The molecule has 1 saturated heterocycles. The molecule has 0 aliphatic carbocycles. The van der Waals surface area contributed by atoms with Crippen LogP contribution < -0.4 is 0 Å². The molecule has 1 aromatic rings. The molecule has 2 heterocycles. The van der Waals surface area contributed by atoms with Gasteiger partial charge in [-0.15, -0.1) is 0 Å². The molecule has 5 heteroatoms. The van der Waals surface area contributed by atoms with Gasteiger partial charge in [0.15, 0.2) is 0 Å². The van der Waals surface area contributed by atoms with Crippen LogP contribution in [0.25, 0.3) is 0 Å². The molecule has 1 unspecified atom stereocenters. The van der Waals surface area contributed by atoms with Gasteiger partial charge in [0.25, 0.3) is 0 Å². The topological polar surface area (TPSA) is 66.3 Å². The summed E-state index contributed by atoms with van der Waals surface area (Å²) < 4.78 is 0. The minimum atomic E-state index is -0.786. The van der Waals surface area contributed by atoms with E-state index in [-0.39, 0.29) is 12.5 Å². The van der Waals surface area contributed by atoms with E-state index in [1.165, 1.54) is 6.42 Å². The Morgan fingerprint density at radius 2 is 2.33 bits per heavy atom. The number of aromatic nitrogens is 2. The Bertz CT molecular complexity index is 448. The van der Waals surface area contributed by atoms with Gasteiger partial charge >= 0.3 is 5.97 Å². The summed E-state index contributed by atoms with van der Waals surface area (Å²) in [4.78, 5) is 21.9. The predicted octanol–water partition coefficient (Wildman–Crippen LogP) is 1.57. The van der Waals surface area contributed by atoms with Crippen LogP contribution in [0.15, 0.2) is 6.07 Å². The van der Waals surface area contributed by atoms with Gasteiger partial charge < -0.3 is 5.11 Å². The van der Waals surface area contributed by atoms with Gasteiger partial charge in [0.2, 0.25) is 0 Å². The van der Waals surface area contributed by atoms with E-state index >= 15 is 0 Å². The first kappa shape index (κ1) is 13.0. The van der Waals surface area contributed by atoms with Gasteiger partial charge in [0.1, 0.15) is 5.82 Å². The first-order valence-corrected chi connectivity index (χ1v) is 6.33. The van der Waals surface area contributed by atoms with Crippen LogP contribution in [0.5, 0.6) is 0 Å². The van der Waals surface area contributed by atoms with Crippen molar-refractivity contribution in [3.63, 3.8) is 0 Å². The smallest absolute Gasteiger partial charge is 0.303 e. The molecule has 0 spiro atoms. The summed E-state index contributed by atoms with van der Waals surface area (Å²) in [5, 5.41) is 8.72. The van der Waals surface area contributed by atoms with Crippen molar-refractivity contribution in [2.24, 2.45) is 0 Å². The summed E-state index contributed by atoms with van der Waals surface area (Å²) in [6.45, 7) is 3.01. The SMILES string of the molecule is Cc1cc(CCC(=O)O)nc(C2CCCN2C)n1. The average Bonchev–Trinajstić information content (AvgIpc) is 2.72. The Hall–Kier alpha value is -1.49. The standard InChI is InChI=1S/C13H19N3O2/c1-9-8-10(5-6-12(17)18)15-13(14-9)11-4-3-7-16(11)2/h8,11H,3-7H2,1-2H3,(H,17,18). The van der Waals surface area contributed by atoms with Gasteiger partial charge in [-0.3, -0.25) is 9.69 Å². The molecule has 1 aliphatic heterocycles. The largest absolute Gasteiger partial charge is 0.481 e. The van der Waals surface area contributed by atoms with E-state index in [9.17, 15) is 4.79 Å². The summed E-state index contributed by atoms with van der Waals surface area (Å²) >= 11 is 0. The maximum absolute atomic E-state index is 10.6. The second kappa shape index (κ2) is 5.44. The zero-order chi connectivity index (χ0) is 13.1. The first-order chi connectivity index (χ1) is 8.56. The van der Waals surface area contributed by atoms with Crippen LogP contribution in [0.2, 0.25) is 0 Å². The van der Waals surface area contributed by atoms with Gasteiger partial charge in [0, 0.05) is 17.8 Å². The Morgan fingerprint density at radius 3 is 2.94 bits per heavy atom. The third-order valence-corrected chi connectivity index (χ3v) is 3.34. The normalized spacial score (nSPS) is 20.2. The van der Waals surface area contributed by atoms with Gasteiger partial charge in [-0.25, -0.2) is 9.97 Å². The molecule has 1 atom stereocenters. The van der Waals surface area contributed by atoms with Crippen molar-refractivity contribution in [1.29, 1.82) is 0 Å². The number of carbonyl (C=O) groups is 1. The lowest BCUT2D eigenvalue weighted by molar-refractivity contribution is -0.136. The van der Waals surface area contributed by atoms with Crippen molar-refractivity contribution in [2.45, 2.75) is 38.6 Å². The maximum atomic E-state index is 10.6. The van der Waals surface area contributed by atoms with Crippen molar-refractivity contribution >= 4 is 5.97 Å². The Balaban J connectivity index is 2.18. The zero-order valence-electron chi connectivity index (χ0n) is 10.9. The van der Waals surface area contributed by atoms with Crippen molar-refractivity contribution in [2.75, 3.05) is 13.6 Å². The number of hydrogen-bond donors (Lipinski definition) is 1. The molecule has 1 fully saturated rings. The Morgan fingerprint density at radius 1 is 1.56 bits per heavy atom. The first-order valence-electron chi connectivity index (χ1n) is 6.33. The number of likely N-dealkylation sites (tertiary alicyclic amines) is 1. The summed E-state index contributed by atoms with van der Waals surface area (Å²) in [5.41, 5.74) is 1.75. The lowest BCUT2D eigenvalue weighted by Crippen LogP contribution is -2.20. The van der Waals surface area contributed by atoms with E-state index in [0.717, 1.165) is 30.2 Å². The zero-order valence-corrected chi connectivity index (χ0v) is 10.9. The van der Waals surface area contributed by atoms with Crippen LogP contribution in [0, 0.1) is 6.92 Å². The fourth-order valence-corrected chi connectivity index (χ4v) is 2.41. The maximum Gasteiger partial charge on any atom is 0.303 e. The molecule has 0 aromatic carbocycles. The van der Waals surface area contributed by atoms with Crippen molar-refractivity contribution in [3.8, 4) is 0 Å². The fourth-order valence-electron chi connectivity index (χ4n) is 2.41. The monoisotopic (exact) mass is 249 g/mol. The summed E-state index contributed by atoms with van der Waals surface area (Å²) in [6.07, 6.45) is 2.85. The highest BCUT2D eigenvalue weighted by Crippen LogP contribution is 2.28. The number of rotatable bonds is 4. The van der Waals surface area contributed by atoms with Crippen LogP contribution in [-0.4, -0.2) is 39.5 Å². The van der Waals surface area contributed by atoms with E-state index in [0.29, 0.717) is 6.42 Å². The minimum absolute atomic E-state index is 0.121. The molecule has 18 heavy (non-hydrogen) atoms. The molecule has 0 saturated carbocycles. The molecular weight excluding hydrogens is 230 g/mol. The lowest BCUT2D eigenvalue weighted by Gasteiger charge is -2.18. The molecule has 0 radical (unpaired) electrons. The highest BCUT2D eigenvalue weighted by molar-refractivity contribution is 5.66. The fraction of sp³-hybridized carbons (Fsp3) is 0.615. The van der Waals surface area contributed by atoms with Gasteiger partial charge in [-0.1, -0.05) is 0 Å². The number of aliphatic carboxylic acids is 1. The second-order valence-electron chi connectivity index (χ2n) is 4.89. The van der Waals surface area contributed by atoms with Crippen molar-refractivity contribution < 1.29 is 9.90 Å². The van der Waals surface area contributed by atoms with Crippen molar-refractivity contribution in [1.82, 2.24) is 14.9 Å². The Labute approximate surface area is 107 Å². The van der Waals surface area contributed by atoms with E-state index in [4.69, 9.17) is 5.11 Å². The predicted molar refractivity (Wildman–Crippen MR) is 67.3 cm³/mol. The number of nitrogens with zero attached hydrogens (tertiary/aromatic N) is 3. The lowest BCUT2D eigenvalue weighted by atomic mass is 10.1. The summed E-state index contributed by atoms with van der Waals surface area (Å²) in [7, 11) is 2.08. The molecule has 0 bridgehead atoms. The molecule has 1 N–H and O–H groups in total. The second-order valence-corrected chi connectivity index (χ2v) is 4.89. The van der Waals surface area contributed by atoms with Crippen LogP contribution in [0.3, 0.4) is 0 Å². The highest BCUT2D eigenvalue weighted by atomic mass is 16.4. The van der Waals surface area contributed by atoms with Gasteiger partial charge in [-0.2, -0.15) is 0 Å². The third kappa shape index (κ3) is 3.04. The van der Waals surface area contributed by atoms with Gasteiger partial charge in [0.05, 0.1) is 12.5 Å². The number of aryl methyl sites for hydroxylation is 2. The average molecular weight is 249 g/mol. The Kier molecular flexibility index (Phi) is 3.91. The number of hydrogen-bond acceptors (Lipinski definition) is 4. The third-order valence-electron chi connectivity index (χ3n) is 3.34. The molecule has 1 aliphatic rings. The minimum Gasteiger partial charge on any atom is -0.481 e. The van der Waals surface area contributed by atoms with Crippen LogP contribution >= 0.6 is 0 Å². The van der Waals surface area contributed by atoms with Crippen LogP contribution in [0.4, 0.5) is 0 Å². The van der Waals surface area contributed by atoms with Crippen molar-refractivity contribution in [3.05, 3.63) is 23.3 Å². The van der Waals surface area contributed by atoms with E-state index in [1.807, 2.05) is 13.0 Å².